The van der Waals surface area contributed by atoms with E-state index in [1.807, 2.05) is 0 Å². The molecule has 0 aromatic rings. The monoisotopic (exact) mass is 183 g/mol. The predicted octanol–water partition coefficient (Wildman–Crippen LogP) is 3.95. The Kier molecular flexibility index (Phi) is 6.26. The van der Waals surface area contributed by atoms with Gasteiger partial charge in [-0.15, -0.1) is 0 Å². The fraction of sp³-hybridized carbons (Fsp3) is 1.00. The van der Waals surface area contributed by atoms with Crippen LogP contribution in [-0.4, -0.2) is 6.61 Å². The molecular formula is C12H23O. The molecule has 1 aliphatic rings. The lowest BCUT2D eigenvalue weighted by Gasteiger charge is -2.21. The molecule has 0 heterocycles. The van der Waals surface area contributed by atoms with Crippen molar-refractivity contribution in [1.29, 1.82) is 0 Å². The van der Waals surface area contributed by atoms with E-state index in [9.17, 15) is 5.11 Å². The molecule has 77 valence electrons. The van der Waals surface area contributed by atoms with Crippen LogP contribution >= 0.6 is 0 Å². The van der Waals surface area contributed by atoms with E-state index in [1.54, 1.807) is 0 Å². The minimum Gasteiger partial charge on any atom is -0.237 e. The Bertz CT molecular complexity index is 106. The molecule has 1 nitrogen and oxygen atoms in total. The zero-order chi connectivity index (χ0) is 9.36. The van der Waals surface area contributed by atoms with Crippen LogP contribution in [0.1, 0.15) is 64.2 Å². The molecule has 1 saturated carbocycles. The van der Waals surface area contributed by atoms with Crippen LogP contribution in [0.2, 0.25) is 0 Å². The van der Waals surface area contributed by atoms with Crippen molar-refractivity contribution >= 4 is 0 Å². The van der Waals surface area contributed by atoms with Gasteiger partial charge in [0.05, 0.1) is 6.61 Å². The highest BCUT2D eigenvalue weighted by Gasteiger charge is 2.12. The summed E-state index contributed by atoms with van der Waals surface area (Å²) in [7, 11) is 0. The van der Waals surface area contributed by atoms with Gasteiger partial charge in [-0.05, 0) is 12.3 Å². The van der Waals surface area contributed by atoms with E-state index in [-0.39, 0.29) is 6.61 Å². The Morgan fingerprint density at radius 3 is 2.23 bits per heavy atom. The van der Waals surface area contributed by atoms with Crippen LogP contribution in [0.4, 0.5) is 0 Å². The summed E-state index contributed by atoms with van der Waals surface area (Å²) in [6.45, 7) is 0.128. The highest BCUT2D eigenvalue weighted by atomic mass is 16.2. The van der Waals surface area contributed by atoms with Gasteiger partial charge in [0.2, 0.25) is 0 Å². The van der Waals surface area contributed by atoms with Gasteiger partial charge in [0.15, 0.2) is 0 Å². The average Bonchev–Trinajstić information content (AvgIpc) is 2.19. The number of hydrogen-bond acceptors (Lipinski definition) is 0. The maximum absolute atomic E-state index is 10.2. The van der Waals surface area contributed by atoms with Crippen LogP contribution < -0.4 is 0 Å². The molecular weight excluding hydrogens is 160 g/mol. The SMILES string of the molecule is [O]CCCCCCC1CCCCC1. The second-order valence-corrected chi connectivity index (χ2v) is 4.41. The van der Waals surface area contributed by atoms with Gasteiger partial charge < -0.3 is 0 Å². The first kappa shape index (κ1) is 11.0. The lowest BCUT2D eigenvalue weighted by Crippen LogP contribution is -2.05. The molecule has 13 heavy (non-hydrogen) atoms. The molecule has 0 N–H and O–H groups in total. The highest BCUT2D eigenvalue weighted by molar-refractivity contribution is 4.65. The lowest BCUT2D eigenvalue weighted by atomic mass is 9.85. The van der Waals surface area contributed by atoms with Gasteiger partial charge >= 0.3 is 0 Å². The van der Waals surface area contributed by atoms with Gasteiger partial charge in [-0.25, -0.2) is 5.11 Å². The molecule has 0 spiro atoms. The first-order chi connectivity index (χ1) is 6.43. The minimum atomic E-state index is 0.128. The topological polar surface area (TPSA) is 19.9 Å². The predicted molar refractivity (Wildman–Crippen MR) is 55.2 cm³/mol. The van der Waals surface area contributed by atoms with Crippen LogP contribution in [-0.2, 0) is 5.11 Å². The normalized spacial score (nSPS) is 19.2. The maximum atomic E-state index is 10.2. The Morgan fingerprint density at radius 2 is 1.54 bits per heavy atom. The molecule has 1 aliphatic carbocycles. The fourth-order valence-corrected chi connectivity index (χ4v) is 2.36. The largest absolute Gasteiger partial charge is 0.237 e. The summed E-state index contributed by atoms with van der Waals surface area (Å²) in [4.78, 5) is 0. The summed E-state index contributed by atoms with van der Waals surface area (Å²) < 4.78 is 0. The van der Waals surface area contributed by atoms with E-state index >= 15 is 0 Å². The molecule has 0 aromatic carbocycles. The molecule has 0 atom stereocenters. The van der Waals surface area contributed by atoms with Gasteiger partial charge in [-0.1, -0.05) is 57.8 Å². The number of unbranched alkanes of at least 4 members (excludes halogenated alkanes) is 3. The standard InChI is InChI=1S/C12H23O/c13-11-7-2-1-4-8-12-9-5-3-6-10-12/h12H,1-11H2. The zero-order valence-corrected chi connectivity index (χ0v) is 8.76. The minimum absolute atomic E-state index is 0.128. The Balaban J connectivity index is 1.86. The van der Waals surface area contributed by atoms with E-state index in [4.69, 9.17) is 0 Å². The maximum Gasteiger partial charge on any atom is 0.0822 e. The van der Waals surface area contributed by atoms with Gasteiger partial charge in [-0.2, -0.15) is 0 Å². The Hall–Kier alpha value is -0.0400. The first-order valence-corrected chi connectivity index (χ1v) is 6.01. The molecule has 0 aromatic heterocycles. The smallest absolute Gasteiger partial charge is 0.0822 e. The van der Waals surface area contributed by atoms with Crippen LogP contribution in [0.3, 0.4) is 0 Å². The van der Waals surface area contributed by atoms with Crippen LogP contribution in [0, 0.1) is 5.92 Å². The van der Waals surface area contributed by atoms with Crippen molar-refractivity contribution in [2.24, 2.45) is 5.92 Å². The lowest BCUT2D eigenvalue weighted by molar-refractivity contribution is 0.185. The van der Waals surface area contributed by atoms with Crippen molar-refractivity contribution in [3.8, 4) is 0 Å². The summed E-state index contributed by atoms with van der Waals surface area (Å²) in [6.07, 6.45) is 13.5. The van der Waals surface area contributed by atoms with E-state index in [0.29, 0.717) is 0 Å². The van der Waals surface area contributed by atoms with Crippen molar-refractivity contribution in [1.82, 2.24) is 0 Å². The first-order valence-electron chi connectivity index (χ1n) is 6.01. The molecule has 1 rings (SSSR count). The molecule has 0 amide bonds. The molecule has 1 heteroatoms. The van der Waals surface area contributed by atoms with E-state index in [1.165, 1.54) is 51.4 Å². The average molecular weight is 183 g/mol. The summed E-state index contributed by atoms with van der Waals surface area (Å²) in [5, 5.41) is 10.2. The summed E-state index contributed by atoms with van der Waals surface area (Å²) in [5.74, 6) is 1.03. The second kappa shape index (κ2) is 7.37. The summed E-state index contributed by atoms with van der Waals surface area (Å²) in [5.41, 5.74) is 0. The van der Waals surface area contributed by atoms with Gasteiger partial charge in [-0.3, -0.25) is 0 Å². The quantitative estimate of drug-likeness (QED) is 0.556. The molecule has 1 fully saturated rings. The third-order valence-electron chi connectivity index (χ3n) is 3.23. The summed E-state index contributed by atoms with van der Waals surface area (Å²) in [6, 6.07) is 0. The molecule has 0 unspecified atom stereocenters. The third-order valence-corrected chi connectivity index (χ3v) is 3.23. The second-order valence-electron chi connectivity index (χ2n) is 4.41. The number of rotatable bonds is 6. The van der Waals surface area contributed by atoms with E-state index < -0.39 is 0 Å². The third kappa shape index (κ3) is 5.30. The van der Waals surface area contributed by atoms with Gasteiger partial charge in [0.25, 0.3) is 0 Å². The van der Waals surface area contributed by atoms with Crippen molar-refractivity contribution in [3.63, 3.8) is 0 Å². The Labute approximate surface area is 82.5 Å². The number of hydrogen-bond donors (Lipinski definition) is 0. The van der Waals surface area contributed by atoms with Gasteiger partial charge in [0.1, 0.15) is 0 Å². The highest BCUT2D eigenvalue weighted by Crippen LogP contribution is 2.27. The van der Waals surface area contributed by atoms with Gasteiger partial charge in [0, 0.05) is 0 Å². The molecule has 0 aliphatic heterocycles. The zero-order valence-electron chi connectivity index (χ0n) is 8.76. The van der Waals surface area contributed by atoms with Crippen molar-refractivity contribution < 1.29 is 5.11 Å². The van der Waals surface area contributed by atoms with Crippen molar-refractivity contribution in [2.45, 2.75) is 64.2 Å². The van der Waals surface area contributed by atoms with Crippen molar-refractivity contribution in [2.75, 3.05) is 6.61 Å². The van der Waals surface area contributed by atoms with E-state index in [2.05, 4.69) is 0 Å². The molecule has 1 radical (unpaired) electrons. The van der Waals surface area contributed by atoms with Crippen LogP contribution in [0.15, 0.2) is 0 Å². The summed E-state index contributed by atoms with van der Waals surface area (Å²) >= 11 is 0. The molecule has 0 bridgehead atoms. The fourth-order valence-electron chi connectivity index (χ4n) is 2.36. The van der Waals surface area contributed by atoms with Crippen LogP contribution in [0.25, 0.3) is 0 Å². The van der Waals surface area contributed by atoms with Crippen molar-refractivity contribution in [3.05, 3.63) is 0 Å². The molecule has 0 saturated heterocycles. The van der Waals surface area contributed by atoms with Crippen LogP contribution in [0.5, 0.6) is 0 Å². The Morgan fingerprint density at radius 1 is 0.846 bits per heavy atom. The van der Waals surface area contributed by atoms with E-state index in [0.717, 1.165) is 18.8 Å².